The summed E-state index contributed by atoms with van der Waals surface area (Å²) in [6.45, 7) is 3.42. The van der Waals surface area contributed by atoms with Crippen molar-refractivity contribution < 1.29 is 28.8 Å². The lowest BCUT2D eigenvalue weighted by Gasteiger charge is -2.08. The Morgan fingerprint density at radius 3 is 1.71 bits per heavy atom. The van der Waals surface area contributed by atoms with Crippen molar-refractivity contribution in [2.24, 2.45) is 0 Å². The summed E-state index contributed by atoms with van der Waals surface area (Å²) in [4.78, 5) is 0. The molecule has 0 aliphatic heterocycles. The maximum Gasteiger partial charge on any atom is 0.119 e. The van der Waals surface area contributed by atoms with Crippen LogP contribution in [0.25, 0.3) is 0 Å². The molecule has 1 rings (SSSR count). The van der Waals surface area contributed by atoms with Crippen molar-refractivity contribution in [3.05, 3.63) is 24.3 Å². The van der Waals surface area contributed by atoms with Crippen molar-refractivity contribution >= 4 is 0 Å². The average molecular weight is 300 g/mol. The Morgan fingerprint density at radius 2 is 1.19 bits per heavy atom. The summed E-state index contributed by atoms with van der Waals surface area (Å²) in [5, 5.41) is 8.49. The third-order valence-corrected chi connectivity index (χ3v) is 2.54. The highest BCUT2D eigenvalue weighted by atomic mass is 16.6. The molecule has 120 valence electrons. The van der Waals surface area contributed by atoms with E-state index in [1.165, 1.54) is 0 Å². The van der Waals surface area contributed by atoms with Gasteiger partial charge in [-0.1, -0.05) is 0 Å². The Labute approximate surface area is 125 Å². The predicted octanol–water partition coefficient (Wildman–Crippen LogP) is 1.12. The molecule has 0 aliphatic carbocycles. The normalized spacial score (nSPS) is 10.6. The third kappa shape index (κ3) is 9.25. The van der Waals surface area contributed by atoms with Crippen molar-refractivity contribution in [1.29, 1.82) is 0 Å². The van der Waals surface area contributed by atoms with Crippen LogP contribution in [0.4, 0.5) is 0 Å². The van der Waals surface area contributed by atoms with Gasteiger partial charge in [0.1, 0.15) is 18.1 Å². The first-order valence-electron chi connectivity index (χ1n) is 6.97. The van der Waals surface area contributed by atoms with E-state index in [0.29, 0.717) is 46.2 Å². The Balaban J connectivity index is 1.88. The minimum Gasteiger partial charge on any atom is -0.497 e. The Bertz CT molecular complexity index is 341. The molecule has 0 saturated carbocycles. The van der Waals surface area contributed by atoms with Gasteiger partial charge in [0.15, 0.2) is 0 Å². The number of methoxy groups -OCH3 is 1. The SMILES string of the molecule is COc1ccc(OCCOCCOCCOCCO)cc1. The summed E-state index contributed by atoms with van der Waals surface area (Å²) < 4.78 is 26.3. The number of hydrogen-bond acceptors (Lipinski definition) is 6. The molecule has 0 unspecified atom stereocenters. The molecule has 6 heteroatoms. The number of aliphatic hydroxyl groups excluding tert-OH is 1. The molecular weight excluding hydrogens is 276 g/mol. The highest BCUT2D eigenvalue weighted by Gasteiger charge is 1.96. The van der Waals surface area contributed by atoms with Gasteiger partial charge < -0.3 is 28.8 Å². The predicted molar refractivity (Wildman–Crippen MR) is 78.0 cm³/mol. The number of ether oxygens (including phenoxy) is 5. The molecule has 0 atom stereocenters. The fourth-order valence-corrected chi connectivity index (χ4v) is 1.50. The minimum atomic E-state index is 0.0390. The summed E-state index contributed by atoms with van der Waals surface area (Å²) in [5.74, 6) is 1.59. The summed E-state index contributed by atoms with van der Waals surface area (Å²) in [6.07, 6.45) is 0. The van der Waals surface area contributed by atoms with E-state index in [1.54, 1.807) is 7.11 Å². The molecule has 0 amide bonds. The van der Waals surface area contributed by atoms with Crippen LogP contribution in [0.5, 0.6) is 11.5 Å². The second-order valence-corrected chi connectivity index (χ2v) is 4.08. The van der Waals surface area contributed by atoms with E-state index in [4.69, 9.17) is 28.8 Å². The van der Waals surface area contributed by atoms with Crippen molar-refractivity contribution in [2.45, 2.75) is 0 Å². The van der Waals surface area contributed by atoms with E-state index < -0.39 is 0 Å². The largest absolute Gasteiger partial charge is 0.497 e. The van der Waals surface area contributed by atoms with Crippen LogP contribution in [0.2, 0.25) is 0 Å². The molecule has 0 saturated heterocycles. The molecular formula is C15H24O6. The van der Waals surface area contributed by atoms with Gasteiger partial charge in [0, 0.05) is 0 Å². The van der Waals surface area contributed by atoms with E-state index in [-0.39, 0.29) is 6.61 Å². The number of hydrogen-bond donors (Lipinski definition) is 1. The Hall–Kier alpha value is -1.34. The molecule has 0 aromatic heterocycles. The van der Waals surface area contributed by atoms with Gasteiger partial charge in [0.25, 0.3) is 0 Å². The fraction of sp³-hybridized carbons (Fsp3) is 0.600. The van der Waals surface area contributed by atoms with Crippen molar-refractivity contribution in [1.82, 2.24) is 0 Å². The van der Waals surface area contributed by atoms with Crippen LogP contribution >= 0.6 is 0 Å². The zero-order valence-corrected chi connectivity index (χ0v) is 12.5. The lowest BCUT2D eigenvalue weighted by molar-refractivity contribution is 0.00361. The van der Waals surface area contributed by atoms with E-state index in [2.05, 4.69) is 0 Å². The van der Waals surface area contributed by atoms with Gasteiger partial charge in [0.05, 0.1) is 53.4 Å². The molecule has 1 aromatic carbocycles. The second-order valence-electron chi connectivity index (χ2n) is 4.08. The first-order chi connectivity index (χ1) is 10.4. The molecule has 0 spiro atoms. The Morgan fingerprint density at radius 1 is 0.714 bits per heavy atom. The van der Waals surface area contributed by atoms with Crippen LogP contribution in [0, 0.1) is 0 Å². The van der Waals surface area contributed by atoms with Crippen LogP contribution in [0.1, 0.15) is 0 Å². The van der Waals surface area contributed by atoms with Crippen LogP contribution in [0.3, 0.4) is 0 Å². The highest BCUT2D eigenvalue weighted by molar-refractivity contribution is 5.31. The first kappa shape index (κ1) is 17.7. The lowest BCUT2D eigenvalue weighted by atomic mass is 10.3. The van der Waals surface area contributed by atoms with Gasteiger partial charge in [-0.05, 0) is 24.3 Å². The monoisotopic (exact) mass is 300 g/mol. The molecule has 0 bridgehead atoms. The minimum absolute atomic E-state index is 0.0390. The van der Waals surface area contributed by atoms with E-state index in [9.17, 15) is 0 Å². The quantitative estimate of drug-likeness (QED) is 0.551. The van der Waals surface area contributed by atoms with Gasteiger partial charge >= 0.3 is 0 Å². The van der Waals surface area contributed by atoms with Gasteiger partial charge in [-0.25, -0.2) is 0 Å². The topological polar surface area (TPSA) is 66.4 Å². The zero-order valence-electron chi connectivity index (χ0n) is 12.5. The smallest absolute Gasteiger partial charge is 0.119 e. The van der Waals surface area contributed by atoms with Gasteiger partial charge in [-0.15, -0.1) is 0 Å². The van der Waals surface area contributed by atoms with Crippen LogP contribution in [0.15, 0.2) is 24.3 Å². The number of aliphatic hydroxyl groups is 1. The summed E-state index contributed by atoms with van der Waals surface area (Å²) in [7, 11) is 1.63. The molecule has 0 heterocycles. The molecule has 0 aliphatic rings. The Kier molecular flexibility index (Phi) is 10.5. The second kappa shape index (κ2) is 12.4. The van der Waals surface area contributed by atoms with E-state index >= 15 is 0 Å². The molecule has 6 nitrogen and oxygen atoms in total. The first-order valence-corrected chi connectivity index (χ1v) is 6.97. The van der Waals surface area contributed by atoms with Crippen molar-refractivity contribution in [2.75, 3.05) is 60.0 Å². The standard InChI is InChI=1S/C15H24O6/c1-17-14-2-4-15(5-3-14)21-13-12-20-11-10-19-9-8-18-7-6-16/h2-5,16H,6-13H2,1H3. The van der Waals surface area contributed by atoms with Crippen LogP contribution in [-0.2, 0) is 14.2 Å². The maximum atomic E-state index is 8.49. The van der Waals surface area contributed by atoms with E-state index in [0.717, 1.165) is 11.5 Å². The molecule has 0 fully saturated rings. The van der Waals surface area contributed by atoms with E-state index in [1.807, 2.05) is 24.3 Å². The molecule has 1 N–H and O–H groups in total. The van der Waals surface area contributed by atoms with Gasteiger partial charge in [-0.2, -0.15) is 0 Å². The van der Waals surface area contributed by atoms with Crippen molar-refractivity contribution in [3.8, 4) is 11.5 Å². The average Bonchev–Trinajstić information content (AvgIpc) is 2.53. The number of benzene rings is 1. The maximum absolute atomic E-state index is 8.49. The zero-order chi connectivity index (χ0) is 15.2. The van der Waals surface area contributed by atoms with Gasteiger partial charge in [-0.3, -0.25) is 0 Å². The number of rotatable bonds is 13. The van der Waals surface area contributed by atoms with Crippen LogP contribution < -0.4 is 9.47 Å². The summed E-state index contributed by atoms with van der Waals surface area (Å²) in [6, 6.07) is 7.41. The van der Waals surface area contributed by atoms with Crippen LogP contribution in [-0.4, -0.2) is 65.1 Å². The third-order valence-electron chi connectivity index (χ3n) is 2.54. The van der Waals surface area contributed by atoms with Gasteiger partial charge in [0.2, 0.25) is 0 Å². The lowest BCUT2D eigenvalue weighted by Crippen LogP contribution is -2.13. The fourth-order valence-electron chi connectivity index (χ4n) is 1.50. The molecule has 0 radical (unpaired) electrons. The molecule has 21 heavy (non-hydrogen) atoms. The summed E-state index contributed by atoms with van der Waals surface area (Å²) in [5.41, 5.74) is 0. The highest BCUT2D eigenvalue weighted by Crippen LogP contribution is 2.16. The van der Waals surface area contributed by atoms with Crippen molar-refractivity contribution in [3.63, 3.8) is 0 Å². The summed E-state index contributed by atoms with van der Waals surface area (Å²) >= 11 is 0. The molecule has 1 aromatic rings.